The Morgan fingerprint density at radius 3 is 2.60 bits per heavy atom. The van der Waals surface area contributed by atoms with Crippen molar-refractivity contribution in [2.45, 2.75) is 12.8 Å². The van der Waals surface area contributed by atoms with Crippen molar-refractivity contribution in [1.29, 1.82) is 0 Å². The molecule has 0 radical (unpaired) electrons. The van der Waals surface area contributed by atoms with E-state index in [2.05, 4.69) is 5.32 Å². The average molecular weight is 141 g/mol. The van der Waals surface area contributed by atoms with Crippen LogP contribution in [0.15, 0.2) is 0 Å². The number of hydrogen-bond donors (Lipinski definition) is 1. The fraction of sp³-hybridized carbons (Fsp3) is 0.714. The number of rotatable bonds is 2. The molecule has 1 aliphatic carbocycles. The Morgan fingerprint density at radius 1 is 1.60 bits per heavy atom. The van der Waals surface area contributed by atoms with E-state index < -0.39 is 0 Å². The first-order chi connectivity index (χ1) is 4.79. The minimum Gasteiger partial charge on any atom is -0.359 e. The van der Waals surface area contributed by atoms with Crippen molar-refractivity contribution in [3.05, 3.63) is 0 Å². The first-order valence-electron chi connectivity index (χ1n) is 3.46. The predicted molar refractivity (Wildman–Crippen MR) is 36.3 cm³/mol. The second kappa shape index (κ2) is 2.82. The van der Waals surface area contributed by atoms with Gasteiger partial charge in [-0.3, -0.25) is 4.79 Å². The van der Waals surface area contributed by atoms with Crippen LogP contribution in [0.3, 0.4) is 0 Å². The van der Waals surface area contributed by atoms with Gasteiger partial charge in [0.15, 0.2) is 0 Å². The lowest BCUT2D eigenvalue weighted by Crippen LogP contribution is -2.39. The summed E-state index contributed by atoms with van der Waals surface area (Å²) in [5.74, 6) is -0.0502. The molecule has 0 spiro atoms. The van der Waals surface area contributed by atoms with Gasteiger partial charge in [-0.05, 0) is 12.8 Å². The SMILES string of the molecule is CNC(=O)[C@H]1CC[C@H]1C=O. The lowest BCUT2D eigenvalue weighted by atomic mass is 9.74. The zero-order valence-corrected chi connectivity index (χ0v) is 5.96. The van der Waals surface area contributed by atoms with Crippen LogP contribution in [0, 0.1) is 11.8 Å². The van der Waals surface area contributed by atoms with Crippen LogP contribution >= 0.6 is 0 Å². The molecule has 1 fully saturated rings. The van der Waals surface area contributed by atoms with Crippen molar-refractivity contribution in [3.63, 3.8) is 0 Å². The summed E-state index contributed by atoms with van der Waals surface area (Å²) in [4.78, 5) is 21.1. The summed E-state index contributed by atoms with van der Waals surface area (Å²) in [5.41, 5.74) is 0. The highest BCUT2D eigenvalue weighted by molar-refractivity contribution is 5.82. The third-order valence-corrected chi connectivity index (χ3v) is 2.09. The zero-order valence-electron chi connectivity index (χ0n) is 5.96. The fourth-order valence-corrected chi connectivity index (χ4v) is 1.20. The number of hydrogen-bond acceptors (Lipinski definition) is 2. The third kappa shape index (κ3) is 1.03. The molecule has 1 aliphatic rings. The summed E-state index contributed by atoms with van der Waals surface area (Å²) in [6.07, 6.45) is 2.62. The molecular formula is C7H11NO2. The summed E-state index contributed by atoms with van der Waals surface area (Å²) in [7, 11) is 1.60. The van der Waals surface area contributed by atoms with Gasteiger partial charge in [0.2, 0.25) is 5.91 Å². The Morgan fingerprint density at radius 2 is 2.30 bits per heavy atom. The van der Waals surface area contributed by atoms with Crippen LogP contribution in [-0.2, 0) is 9.59 Å². The Balaban J connectivity index is 2.42. The van der Waals surface area contributed by atoms with Crippen LogP contribution in [0.2, 0.25) is 0 Å². The Bertz CT molecular complexity index is 156. The summed E-state index contributed by atoms with van der Waals surface area (Å²) in [5, 5.41) is 2.53. The van der Waals surface area contributed by atoms with Crippen LogP contribution < -0.4 is 5.32 Å². The van der Waals surface area contributed by atoms with Gasteiger partial charge in [-0.25, -0.2) is 0 Å². The summed E-state index contributed by atoms with van der Waals surface area (Å²) < 4.78 is 0. The standard InChI is InChI=1S/C7H11NO2/c1-8-7(10)6-3-2-5(6)4-9/h4-6H,2-3H2,1H3,(H,8,10)/t5-,6-/m0/s1. The van der Waals surface area contributed by atoms with E-state index in [1.807, 2.05) is 0 Å². The van der Waals surface area contributed by atoms with Crippen LogP contribution in [0.5, 0.6) is 0 Å². The first kappa shape index (κ1) is 7.25. The van der Waals surface area contributed by atoms with Gasteiger partial charge >= 0.3 is 0 Å². The molecule has 1 N–H and O–H groups in total. The van der Waals surface area contributed by atoms with Crippen LogP contribution in [-0.4, -0.2) is 19.2 Å². The van der Waals surface area contributed by atoms with E-state index in [1.54, 1.807) is 7.05 Å². The lowest BCUT2D eigenvalue weighted by Gasteiger charge is -2.30. The minimum atomic E-state index is -0.0394. The topological polar surface area (TPSA) is 46.2 Å². The Kier molecular flexibility index (Phi) is 2.04. The van der Waals surface area contributed by atoms with E-state index in [0.29, 0.717) is 0 Å². The molecule has 0 unspecified atom stereocenters. The van der Waals surface area contributed by atoms with Gasteiger partial charge in [-0.2, -0.15) is 0 Å². The number of carbonyl (C=O) groups excluding carboxylic acids is 2. The van der Waals surface area contributed by atoms with E-state index in [4.69, 9.17) is 0 Å². The Labute approximate surface area is 59.8 Å². The molecule has 56 valence electrons. The molecule has 3 nitrogen and oxygen atoms in total. The van der Waals surface area contributed by atoms with E-state index >= 15 is 0 Å². The van der Waals surface area contributed by atoms with Crippen LogP contribution in [0.25, 0.3) is 0 Å². The number of amides is 1. The second-order valence-corrected chi connectivity index (χ2v) is 2.60. The predicted octanol–water partition coefficient (Wildman–Crippen LogP) is -0.0425. The molecule has 0 aromatic heterocycles. The minimum absolute atomic E-state index is 0.00310. The molecule has 0 bridgehead atoms. The van der Waals surface area contributed by atoms with Gasteiger partial charge in [0.25, 0.3) is 0 Å². The maximum atomic E-state index is 10.9. The summed E-state index contributed by atoms with van der Waals surface area (Å²) >= 11 is 0. The highest BCUT2D eigenvalue weighted by Crippen LogP contribution is 2.32. The van der Waals surface area contributed by atoms with E-state index in [1.165, 1.54) is 0 Å². The Hall–Kier alpha value is -0.860. The fourth-order valence-electron chi connectivity index (χ4n) is 1.20. The number of aldehydes is 1. The van der Waals surface area contributed by atoms with Crippen molar-refractivity contribution < 1.29 is 9.59 Å². The van der Waals surface area contributed by atoms with E-state index in [0.717, 1.165) is 19.1 Å². The maximum absolute atomic E-state index is 10.9. The smallest absolute Gasteiger partial charge is 0.223 e. The maximum Gasteiger partial charge on any atom is 0.223 e. The molecule has 1 amide bonds. The highest BCUT2D eigenvalue weighted by atomic mass is 16.2. The normalized spacial score (nSPS) is 30.5. The van der Waals surface area contributed by atoms with Crippen molar-refractivity contribution in [2.75, 3.05) is 7.05 Å². The van der Waals surface area contributed by atoms with E-state index in [-0.39, 0.29) is 17.7 Å². The van der Waals surface area contributed by atoms with Gasteiger partial charge in [0.1, 0.15) is 6.29 Å². The zero-order chi connectivity index (χ0) is 7.56. The average Bonchev–Trinajstić information content (AvgIpc) is 1.86. The summed E-state index contributed by atoms with van der Waals surface area (Å²) in [6.45, 7) is 0. The number of carbonyl (C=O) groups is 2. The first-order valence-corrected chi connectivity index (χ1v) is 3.46. The van der Waals surface area contributed by atoms with Crippen molar-refractivity contribution in [1.82, 2.24) is 5.32 Å². The molecule has 10 heavy (non-hydrogen) atoms. The largest absolute Gasteiger partial charge is 0.359 e. The molecule has 0 saturated heterocycles. The lowest BCUT2D eigenvalue weighted by molar-refractivity contribution is -0.133. The molecule has 0 heterocycles. The molecule has 0 aliphatic heterocycles. The van der Waals surface area contributed by atoms with Gasteiger partial charge in [0, 0.05) is 18.9 Å². The molecule has 3 heteroatoms. The third-order valence-electron chi connectivity index (χ3n) is 2.09. The monoisotopic (exact) mass is 141 g/mol. The van der Waals surface area contributed by atoms with Gasteiger partial charge < -0.3 is 10.1 Å². The molecule has 2 atom stereocenters. The highest BCUT2D eigenvalue weighted by Gasteiger charge is 2.35. The van der Waals surface area contributed by atoms with Gasteiger partial charge in [0.05, 0.1) is 0 Å². The van der Waals surface area contributed by atoms with E-state index in [9.17, 15) is 9.59 Å². The van der Waals surface area contributed by atoms with Gasteiger partial charge in [-0.15, -0.1) is 0 Å². The van der Waals surface area contributed by atoms with Crippen LogP contribution in [0.1, 0.15) is 12.8 Å². The molecule has 1 rings (SSSR count). The quantitative estimate of drug-likeness (QED) is 0.548. The molecule has 1 saturated carbocycles. The van der Waals surface area contributed by atoms with Crippen molar-refractivity contribution in [3.8, 4) is 0 Å². The second-order valence-electron chi connectivity index (χ2n) is 2.60. The van der Waals surface area contributed by atoms with Gasteiger partial charge in [-0.1, -0.05) is 0 Å². The molecule has 0 aromatic carbocycles. The molecule has 0 aromatic rings. The summed E-state index contributed by atoms with van der Waals surface area (Å²) in [6, 6.07) is 0. The van der Waals surface area contributed by atoms with Crippen LogP contribution in [0.4, 0.5) is 0 Å². The number of nitrogens with one attached hydrogen (secondary N) is 1. The molecular weight excluding hydrogens is 130 g/mol. The van der Waals surface area contributed by atoms with Crippen molar-refractivity contribution in [2.24, 2.45) is 11.8 Å². The van der Waals surface area contributed by atoms with Crippen molar-refractivity contribution >= 4 is 12.2 Å².